The van der Waals surface area contributed by atoms with E-state index in [2.05, 4.69) is 10.1 Å². The van der Waals surface area contributed by atoms with Gasteiger partial charge in [-0.25, -0.2) is 4.68 Å². The molecule has 2 aromatic heterocycles. The van der Waals surface area contributed by atoms with E-state index < -0.39 is 5.97 Å². The highest BCUT2D eigenvalue weighted by atomic mass is 32.2. The monoisotopic (exact) mass is 279 g/mol. The van der Waals surface area contributed by atoms with Crippen LogP contribution in [0, 0.1) is 0 Å². The Morgan fingerprint density at radius 2 is 2.21 bits per heavy atom. The lowest BCUT2D eigenvalue weighted by molar-refractivity contribution is -0.133. The van der Waals surface area contributed by atoms with Crippen LogP contribution in [0.1, 0.15) is 5.69 Å². The molecule has 0 bridgehead atoms. The first-order valence-electron chi connectivity index (χ1n) is 5.53. The van der Waals surface area contributed by atoms with E-state index in [0.29, 0.717) is 6.61 Å². The van der Waals surface area contributed by atoms with Gasteiger partial charge in [-0.15, -0.1) is 0 Å². The molecule has 0 unspecified atom stereocenters. The van der Waals surface area contributed by atoms with E-state index in [1.54, 1.807) is 24.2 Å². The second-order valence-corrected chi connectivity index (χ2v) is 4.70. The number of ether oxygens (including phenoxy) is 1. The van der Waals surface area contributed by atoms with E-state index in [9.17, 15) is 4.79 Å². The van der Waals surface area contributed by atoms with Crippen molar-refractivity contribution in [1.29, 1.82) is 0 Å². The minimum Gasteiger partial charge on any atom is -0.481 e. The van der Waals surface area contributed by atoms with Gasteiger partial charge in [0.05, 0.1) is 23.7 Å². The van der Waals surface area contributed by atoms with Gasteiger partial charge in [-0.2, -0.15) is 5.10 Å². The molecule has 2 aromatic rings. The van der Waals surface area contributed by atoms with E-state index in [1.807, 2.05) is 18.2 Å². The summed E-state index contributed by atoms with van der Waals surface area (Å²) in [6.07, 6.45) is 3.33. The predicted octanol–water partition coefficient (Wildman–Crippen LogP) is 1.59. The minimum atomic E-state index is -0.860. The highest BCUT2D eigenvalue weighted by Crippen LogP contribution is 2.23. The molecule has 0 aromatic carbocycles. The van der Waals surface area contributed by atoms with Gasteiger partial charge in [-0.3, -0.25) is 9.78 Å². The number of nitrogens with zero attached hydrogens (tertiary/aromatic N) is 3. The van der Waals surface area contributed by atoms with Crippen LogP contribution in [-0.4, -0.2) is 38.7 Å². The van der Waals surface area contributed by atoms with E-state index in [4.69, 9.17) is 9.84 Å². The van der Waals surface area contributed by atoms with Gasteiger partial charge in [0, 0.05) is 19.5 Å². The predicted molar refractivity (Wildman–Crippen MR) is 70.4 cm³/mol. The first-order valence-corrected chi connectivity index (χ1v) is 6.52. The topological polar surface area (TPSA) is 77.2 Å². The van der Waals surface area contributed by atoms with Crippen molar-refractivity contribution in [3.8, 4) is 5.69 Å². The Morgan fingerprint density at radius 1 is 1.47 bits per heavy atom. The third-order valence-electron chi connectivity index (χ3n) is 2.27. The first kappa shape index (κ1) is 13.6. The maximum atomic E-state index is 10.7. The molecule has 7 heteroatoms. The Labute approximate surface area is 114 Å². The molecule has 2 heterocycles. The lowest BCUT2D eigenvalue weighted by Gasteiger charge is -2.05. The molecule has 0 atom stereocenters. The molecule has 100 valence electrons. The standard InChI is InChI=1S/C12H13N3O3S/c1-18-7-9-6-11(19-8-12(16)17)15(14-9)10-2-4-13-5-3-10/h2-6H,7-8H2,1H3,(H,16,17). The molecule has 1 N–H and O–H groups in total. The Kier molecular flexibility index (Phi) is 4.53. The smallest absolute Gasteiger partial charge is 0.313 e. The Balaban J connectivity index is 2.31. The van der Waals surface area contributed by atoms with Crippen molar-refractivity contribution in [3.05, 3.63) is 36.3 Å². The maximum Gasteiger partial charge on any atom is 0.313 e. The van der Waals surface area contributed by atoms with E-state index in [1.165, 1.54) is 11.8 Å². The van der Waals surface area contributed by atoms with Gasteiger partial charge < -0.3 is 9.84 Å². The third kappa shape index (κ3) is 3.55. The van der Waals surface area contributed by atoms with Crippen LogP contribution < -0.4 is 0 Å². The van der Waals surface area contributed by atoms with Crippen molar-refractivity contribution in [2.75, 3.05) is 12.9 Å². The molecular formula is C12H13N3O3S. The summed E-state index contributed by atoms with van der Waals surface area (Å²) in [5, 5.41) is 13.9. The van der Waals surface area contributed by atoms with Gasteiger partial charge in [0.1, 0.15) is 5.03 Å². The molecule has 2 rings (SSSR count). The number of carboxylic acid groups (broad SMARTS) is 1. The van der Waals surface area contributed by atoms with Crippen LogP contribution in [-0.2, 0) is 16.1 Å². The summed E-state index contributed by atoms with van der Waals surface area (Å²) in [5.41, 5.74) is 1.59. The summed E-state index contributed by atoms with van der Waals surface area (Å²) < 4.78 is 6.74. The fourth-order valence-corrected chi connectivity index (χ4v) is 2.30. The normalized spacial score (nSPS) is 10.6. The lowest BCUT2D eigenvalue weighted by atomic mass is 10.4. The number of pyridine rings is 1. The summed E-state index contributed by atoms with van der Waals surface area (Å²) in [4.78, 5) is 14.6. The van der Waals surface area contributed by atoms with Crippen LogP contribution in [0.15, 0.2) is 35.6 Å². The van der Waals surface area contributed by atoms with Gasteiger partial charge in [0.15, 0.2) is 0 Å². The van der Waals surface area contributed by atoms with Crippen molar-refractivity contribution >= 4 is 17.7 Å². The molecule has 0 spiro atoms. The zero-order valence-corrected chi connectivity index (χ0v) is 11.1. The Morgan fingerprint density at radius 3 is 2.84 bits per heavy atom. The summed E-state index contributed by atoms with van der Waals surface area (Å²) in [6, 6.07) is 5.46. The number of rotatable bonds is 6. The zero-order valence-electron chi connectivity index (χ0n) is 10.3. The van der Waals surface area contributed by atoms with Crippen molar-refractivity contribution in [2.45, 2.75) is 11.6 Å². The van der Waals surface area contributed by atoms with Crippen molar-refractivity contribution in [2.24, 2.45) is 0 Å². The molecule has 6 nitrogen and oxygen atoms in total. The van der Waals surface area contributed by atoms with Gasteiger partial charge in [0.25, 0.3) is 0 Å². The highest BCUT2D eigenvalue weighted by molar-refractivity contribution is 7.99. The van der Waals surface area contributed by atoms with Gasteiger partial charge in [0.2, 0.25) is 0 Å². The number of carboxylic acids is 1. The van der Waals surface area contributed by atoms with E-state index in [-0.39, 0.29) is 5.75 Å². The van der Waals surface area contributed by atoms with E-state index >= 15 is 0 Å². The van der Waals surface area contributed by atoms with Crippen LogP contribution in [0.5, 0.6) is 0 Å². The summed E-state index contributed by atoms with van der Waals surface area (Å²) in [6.45, 7) is 0.388. The second-order valence-electron chi connectivity index (χ2n) is 3.71. The van der Waals surface area contributed by atoms with E-state index in [0.717, 1.165) is 16.4 Å². The van der Waals surface area contributed by atoms with Crippen LogP contribution >= 0.6 is 11.8 Å². The van der Waals surface area contributed by atoms with Crippen molar-refractivity contribution < 1.29 is 14.6 Å². The van der Waals surface area contributed by atoms with Crippen LogP contribution in [0.3, 0.4) is 0 Å². The number of hydrogen-bond acceptors (Lipinski definition) is 5. The molecular weight excluding hydrogens is 266 g/mol. The Hall–Kier alpha value is -1.86. The third-order valence-corrected chi connectivity index (χ3v) is 3.25. The molecule has 0 amide bonds. The van der Waals surface area contributed by atoms with Crippen LogP contribution in [0.25, 0.3) is 5.69 Å². The average Bonchev–Trinajstić information content (AvgIpc) is 2.81. The fourth-order valence-electron chi connectivity index (χ4n) is 1.54. The maximum absolute atomic E-state index is 10.7. The van der Waals surface area contributed by atoms with Crippen LogP contribution in [0.2, 0.25) is 0 Å². The number of thioether (sulfide) groups is 1. The number of methoxy groups -OCH3 is 1. The summed E-state index contributed by atoms with van der Waals surface area (Å²) >= 11 is 1.22. The second kappa shape index (κ2) is 6.35. The van der Waals surface area contributed by atoms with Crippen molar-refractivity contribution in [3.63, 3.8) is 0 Å². The minimum absolute atomic E-state index is 0.0107. The van der Waals surface area contributed by atoms with Crippen molar-refractivity contribution in [1.82, 2.24) is 14.8 Å². The largest absolute Gasteiger partial charge is 0.481 e. The quantitative estimate of drug-likeness (QED) is 0.809. The molecule has 0 saturated heterocycles. The summed E-state index contributed by atoms with van der Waals surface area (Å²) in [5.74, 6) is -0.871. The molecule has 19 heavy (non-hydrogen) atoms. The number of aliphatic carboxylic acids is 1. The first-order chi connectivity index (χ1) is 9.20. The molecule has 0 radical (unpaired) electrons. The molecule has 0 aliphatic heterocycles. The van der Waals surface area contributed by atoms with Crippen LogP contribution in [0.4, 0.5) is 0 Å². The average molecular weight is 279 g/mol. The number of hydrogen-bond donors (Lipinski definition) is 1. The molecule has 0 saturated carbocycles. The Bertz CT molecular complexity index is 557. The SMILES string of the molecule is COCc1cc(SCC(=O)O)n(-c2ccncc2)n1. The van der Waals surface area contributed by atoms with Gasteiger partial charge in [-0.05, 0) is 18.2 Å². The zero-order chi connectivity index (χ0) is 13.7. The van der Waals surface area contributed by atoms with Gasteiger partial charge >= 0.3 is 5.97 Å². The fraction of sp³-hybridized carbons (Fsp3) is 0.250. The molecule has 0 aliphatic rings. The molecule has 0 fully saturated rings. The lowest BCUT2D eigenvalue weighted by Crippen LogP contribution is -2.02. The summed E-state index contributed by atoms with van der Waals surface area (Å²) in [7, 11) is 1.59. The number of carbonyl (C=O) groups is 1. The molecule has 0 aliphatic carbocycles. The number of aromatic nitrogens is 3. The highest BCUT2D eigenvalue weighted by Gasteiger charge is 2.11. The van der Waals surface area contributed by atoms with Gasteiger partial charge in [-0.1, -0.05) is 11.8 Å².